The van der Waals surface area contributed by atoms with Gasteiger partial charge >= 0.3 is 0 Å². The molecular formula is C18H40O4Si2. The van der Waals surface area contributed by atoms with E-state index in [1.165, 1.54) is 0 Å². The molecule has 0 aromatic rings. The Morgan fingerprint density at radius 2 is 1.38 bits per heavy atom. The number of aliphatic hydroxyl groups is 1. The van der Waals surface area contributed by atoms with E-state index < -0.39 is 22.9 Å². The first-order valence-electron chi connectivity index (χ1n) is 9.15. The molecule has 1 saturated heterocycles. The molecule has 0 aromatic heterocycles. The lowest BCUT2D eigenvalue weighted by Gasteiger charge is -2.40. The van der Waals surface area contributed by atoms with Crippen molar-refractivity contribution in [2.45, 2.75) is 103 Å². The molecule has 24 heavy (non-hydrogen) atoms. The number of ether oxygens (including phenoxy) is 1. The highest BCUT2D eigenvalue weighted by Gasteiger charge is 2.48. The Bertz CT molecular complexity index is 424. The number of aliphatic hydroxyl groups excluding tert-OH is 1. The van der Waals surface area contributed by atoms with Gasteiger partial charge in [0.15, 0.2) is 22.9 Å². The van der Waals surface area contributed by atoms with Crippen LogP contribution in [0.5, 0.6) is 0 Å². The summed E-state index contributed by atoms with van der Waals surface area (Å²) in [5.41, 5.74) is 0. The Morgan fingerprint density at radius 3 is 1.79 bits per heavy atom. The van der Waals surface area contributed by atoms with Crippen molar-refractivity contribution in [2.24, 2.45) is 5.92 Å². The van der Waals surface area contributed by atoms with Gasteiger partial charge in [-0.3, -0.25) is 0 Å². The summed E-state index contributed by atoms with van der Waals surface area (Å²) in [7, 11) is -3.76. The van der Waals surface area contributed by atoms with Gasteiger partial charge in [-0.1, -0.05) is 48.5 Å². The predicted molar refractivity (Wildman–Crippen MR) is 105 cm³/mol. The molecule has 1 heterocycles. The average Bonchev–Trinajstić information content (AvgIpc) is 2.61. The lowest BCUT2D eigenvalue weighted by Crippen LogP contribution is -2.48. The van der Waals surface area contributed by atoms with Gasteiger partial charge in [-0.25, -0.2) is 0 Å². The summed E-state index contributed by atoms with van der Waals surface area (Å²) in [6.07, 6.45) is -1.23. The summed E-state index contributed by atoms with van der Waals surface area (Å²) < 4.78 is 18.5. The van der Waals surface area contributed by atoms with Crippen LogP contribution >= 0.6 is 0 Å². The molecule has 144 valence electrons. The van der Waals surface area contributed by atoms with Crippen LogP contribution in [0.3, 0.4) is 0 Å². The second kappa shape index (κ2) is 7.12. The van der Waals surface area contributed by atoms with E-state index in [1.807, 2.05) is 0 Å². The minimum atomic E-state index is -1.94. The van der Waals surface area contributed by atoms with E-state index in [-0.39, 0.29) is 28.2 Å². The maximum Gasteiger partial charge on any atom is 0.192 e. The Morgan fingerprint density at radius 1 is 0.917 bits per heavy atom. The minimum Gasteiger partial charge on any atom is -0.414 e. The number of hydrogen-bond donors (Lipinski definition) is 1. The quantitative estimate of drug-likeness (QED) is 0.703. The van der Waals surface area contributed by atoms with Crippen molar-refractivity contribution >= 4 is 16.6 Å². The molecule has 4 atom stereocenters. The SMILES string of the molecule is C[C@H]1[C@H](CO[Si](C)(C)C(C)(C)C)OC(O)[C@H]1O[Si](C)(C)C(C)(C)C. The molecule has 0 aliphatic carbocycles. The van der Waals surface area contributed by atoms with Gasteiger partial charge in [0.2, 0.25) is 0 Å². The first-order chi connectivity index (χ1) is 10.5. The highest BCUT2D eigenvalue weighted by Crippen LogP contribution is 2.41. The fourth-order valence-corrected chi connectivity index (χ4v) is 4.61. The molecule has 1 unspecified atom stereocenters. The summed E-state index contributed by atoms with van der Waals surface area (Å²) in [6.45, 7) is 24.9. The van der Waals surface area contributed by atoms with Crippen molar-refractivity contribution in [3.05, 3.63) is 0 Å². The topological polar surface area (TPSA) is 47.9 Å². The maximum atomic E-state index is 10.4. The lowest BCUT2D eigenvalue weighted by atomic mass is 10.0. The third-order valence-electron chi connectivity index (χ3n) is 6.35. The lowest BCUT2D eigenvalue weighted by molar-refractivity contribution is -0.129. The van der Waals surface area contributed by atoms with Gasteiger partial charge in [0.25, 0.3) is 0 Å². The predicted octanol–water partition coefficient (Wildman–Crippen LogP) is 4.75. The Balaban J connectivity index is 2.74. The zero-order valence-corrected chi connectivity index (χ0v) is 19.7. The van der Waals surface area contributed by atoms with Crippen molar-refractivity contribution < 1.29 is 18.7 Å². The summed E-state index contributed by atoms with van der Waals surface area (Å²) in [6, 6.07) is 0. The van der Waals surface area contributed by atoms with E-state index in [0.717, 1.165) is 0 Å². The van der Waals surface area contributed by atoms with E-state index in [1.54, 1.807) is 0 Å². The highest BCUT2D eigenvalue weighted by atomic mass is 28.4. The zero-order valence-electron chi connectivity index (χ0n) is 17.7. The minimum absolute atomic E-state index is 0.108. The van der Waals surface area contributed by atoms with Crippen molar-refractivity contribution in [3.63, 3.8) is 0 Å². The molecule has 0 aromatic carbocycles. The van der Waals surface area contributed by atoms with Crippen LogP contribution in [0.15, 0.2) is 0 Å². The van der Waals surface area contributed by atoms with Gasteiger partial charge in [-0.2, -0.15) is 0 Å². The molecule has 1 fully saturated rings. The van der Waals surface area contributed by atoms with E-state index in [9.17, 15) is 5.11 Å². The second-order valence-corrected chi connectivity index (χ2v) is 19.9. The molecule has 0 spiro atoms. The molecule has 0 radical (unpaired) electrons. The van der Waals surface area contributed by atoms with E-state index in [0.29, 0.717) is 6.61 Å². The largest absolute Gasteiger partial charge is 0.414 e. The standard InChI is InChI=1S/C18H40O4Si2/c1-13-14(12-20-23(8,9)17(2,3)4)21-16(19)15(13)22-24(10,11)18(5,6)7/h13-16,19H,12H2,1-11H3/t13-,14-,15-,16?/m0/s1. The van der Waals surface area contributed by atoms with Crippen molar-refractivity contribution in [2.75, 3.05) is 6.61 Å². The van der Waals surface area contributed by atoms with E-state index in [4.69, 9.17) is 13.6 Å². The van der Waals surface area contributed by atoms with Crippen LogP contribution in [0.4, 0.5) is 0 Å². The molecular weight excluding hydrogens is 336 g/mol. The molecule has 6 heteroatoms. The van der Waals surface area contributed by atoms with Gasteiger partial charge < -0.3 is 18.7 Å². The number of rotatable bonds is 5. The first-order valence-corrected chi connectivity index (χ1v) is 15.0. The maximum absolute atomic E-state index is 10.4. The monoisotopic (exact) mass is 376 g/mol. The van der Waals surface area contributed by atoms with E-state index in [2.05, 4.69) is 74.7 Å². The molecule has 1 rings (SSSR count). The third kappa shape index (κ3) is 4.92. The summed E-state index contributed by atoms with van der Waals surface area (Å²) >= 11 is 0. The molecule has 1 aliphatic heterocycles. The fraction of sp³-hybridized carbons (Fsp3) is 1.00. The van der Waals surface area contributed by atoms with Gasteiger partial charge in [-0.15, -0.1) is 0 Å². The molecule has 0 bridgehead atoms. The highest BCUT2D eigenvalue weighted by molar-refractivity contribution is 6.74. The molecule has 1 aliphatic rings. The smallest absolute Gasteiger partial charge is 0.192 e. The average molecular weight is 377 g/mol. The van der Waals surface area contributed by atoms with Crippen molar-refractivity contribution in [1.82, 2.24) is 0 Å². The number of hydrogen-bond acceptors (Lipinski definition) is 4. The summed E-state index contributed by atoms with van der Waals surface area (Å²) in [4.78, 5) is 0. The van der Waals surface area contributed by atoms with Gasteiger partial charge in [0.05, 0.1) is 12.7 Å². The Hall–Kier alpha value is 0.274. The Kier molecular flexibility index (Phi) is 6.62. The Labute approximate surface area is 151 Å². The fourth-order valence-electron chi connectivity index (χ4n) is 2.23. The normalized spacial score (nSPS) is 30.0. The van der Waals surface area contributed by atoms with E-state index >= 15 is 0 Å². The zero-order chi connectivity index (χ0) is 19.1. The van der Waals surface area contributed by atoms with Crippen LogP contribution in [-0.4, -0.2) is 46.8 Å². The third-order valence-corrected chi connectivity index (χ3v) is 15.3. The van der Waals surface area contributed by atoms with Crippen molar-refractivity contribution in [1.29, 1.82) is 0 Å². The molecule has 1 N–H and O–H groups in total. The van der Waals surface area contributed by atoms with Gasteiger partial charge in [0, 0.05) is 5.92 Å². The van der Waals surface area contributed by atoms with Gasteiger partial charge in [0.1, 0.15) is 6.10 Å². The summed E-state index contributed by atoms with van der Waals surface area (Å²) in [5, 5.41) is 10.7. The van der Waals surface area contributed by atoms with Crippen LogP contribution in [0, 0.1) is 5.92 Å². The van der Waals surface area contributed by atoms with Crippen molar-refractivity contribution in [3.8, 4) is 0 Å². The molecule has 4 nitrogen and oxygen atoms in total. The molecule has 0 amide bonds. The van der Waals surface area contributed by atoms with Crippen LogP contribution < -0.4 is 0 Å². The van der Waals surface area contributed by atoms with Gasteiger partial charge in [-0.05, 0) is 36.3 Å². The molecule has 0 saturated carbocycles. The summed E-state index contributed by atoms with van der Waals surface area (Å²) in [5.74, 6) is 0.124. The van der Waals surface area contributed by atoms with Crippen LogP contribution in [0.2, 0.25) is 36.3 Å². The van der Waals surface area contributed by atoms with Crippen LogP contribution in [0.1, 0.15) is 48.5 Å². The first kappa shape index (κ1) is 22.3. The van der Waals surface area contributed by atoms with Crippen LogP contribution in [-0.2, 0) is 13.6 Å². The second-order valence-electron chi connectivity index (χ2n) is 10.3. The van der Waals surface area contributed by atoms with Crippen LogP contribution in [0.25, 0.3) is 0 Å².